The molecule has 0 bridgehead atoms. The third-order valence-corrected chi connectivity index (χ3v) is 2.32. The number of aliphatic hydroxyl groups excluding tert-OH is 1. The van der Waals surface area contributed by atoms with Crippen molar-refractivity contribution in [2.45, 2.75) is 20.0 Å². The summed E-state index contributed by atoms with van der Waals surface area (Å²) in [7, 11) is 0. The number of nitrogens with one attached hydrogen (secondary N) is 2. The van der Waals surface area contributed by atoms with Crippen LogP contribution in [0.2, 0.25) is 0 Å². The van der Waals surface area contributed by atoms with Crippen LogP contribution in [0.3, 0.4) is 0 Å². The van der Waals surface area contributed by atoms with E-state index in [-0.39, 0.29) is 24.9 Å². The zero-order valence-electron chi connectivity index (χ0n) is 10.6. The van der Waals surface area contributed by atoms with E-state index in [2.05, 4.69) is 10.6 Å². The average molecular weight is 250 g/mol. The number of aryl methyl sites for hydroxylation is 1. The highest BCUT2D eigenvalue weighted by Crippen LogP contribution is 2.02. The Hall–Kier alpha value is -1.88. The minimum absolute atomic E-state index is 0.0978. The van der Waals surface area contributed by atoms with E-state index in [1.807, 2.05) is 19.1 Å². The highest BCUT2D eigenvalue weighted by atomic mass is 16.3. The van der Waals surface area contributed by atoms with Gasteiger partial charge < -0.3 is 15.7 Å². The van der Waals surface area contributed by atoms with Crippen LogP contribution in [0.4, 0.5) is 0 Å². The Labute approximate surface area is 106 Å². The Balaban J connectivity index is 2.37. The summed E-state index contributed by atoms with van der Waals surface area (Å²) in [5.74, 6) is -0.612. The average Bonchev–Trinajstić information content (AvgIpc) is 2.34. The van der Waals surface area contributed by atoms with Gasteiger partial charge in [0, 0.05) is 12.1 Å². The first kappa shape index (κ1) is 14.2. The number of rotatable bonds is 5. The zero-order valence-corrected chi connectivity index (χ0v) is 10.6. The van der Waals surface area contributed by atoms with Crippen molar-refractivity contribution >= 4 is 11.8 Å². The molecule has 0 aromatic heterocycles. The van der Waals surface area contributed by atoms with Crippen molar-refractivity contribution in [2.75, 3.05) is 13.1 Å². The molecule has 0 spiro atoms. The SMILES string of the molecule is Cc1ccc(C(=O)NCC(=O)NC[C@H](C)O)cc1. The molecular formula is C13H18N2O3. The van der Waals surface area contributed by atoms with Crippen molar-refractivity contribution in [2.24, 2.45) is 0 Å². The lowest BCUT2D eigenvalue weighted by atomic mass is 10.1. The lowest BCUT2D eigenvalue weighted by molar-refractivity contribution is -0.120. The molecule has 0 heterocycles. The van der Waals surface area contributed by atoms with Crippen molar-refractivity contribution in [3.63, 3.8) is 0 Å². The van der Waals surface area contributed by atoms with Gasteiger partial charge in [-0.2, -0.15) is 0 Å². The molecular weight excluding hydrogens is 232 g/mol. The van der Waals surface area contributed by atoms with Crippen LogP contribution < -0.4 is 10.6 Å². The summed E-state index contributed by atoms with van der Waals surface area (Å²) in [5, 5.41) is 14.0. The van der Waals surface area contributed by atoms with Crippen LogP contribution in [0, 0.1) is 6.92 Å². The van der Waals surface area contributed by atoms with Gasteiger partial charge in [0.1, 0.15) is 0 Å². The first-order valence-corrected chi connectivity index (χ1v) is 5.78. The zero-order chi connectivity index (χ0) is 13.5. The third-order valence-electron chi connectivity index (χ3n) is 2.32. The molecule has 1 aromatic rings. The predicted molar refractivity (Wildman–Crippen MR) is 68.2 cm³/mol. The molecule has 0 saturated carbocycles. The Kier molecular flexibility index (Phi) is 5.32. The van der Waals surface area contributed by atoms with E-state index < -0.39 is 6.10 Å². The van der Waals surface area contributed by atoms with E-state index in [4.69, 9.17) is 5.11 Å². The second kappa shape index (κ2) is 6.76. The molecule has 5 heteroatoms. The number of hydrogen-bond acceptors (Lipinski definition) is 3. The van der Waals surface area contributed by atoms with Crippen molar-refractivity contribution in [3.8, 4) is 0 Å². The van der Waals surface area contributed by atoms with Gasteiger partial charge in [0.25, 0.3) is 5.91 Å². The number of benzene rings is 1. The molecule has 0 aliphatic carbocycles. The van der Waals surface area contributed by atoms with Crippen molar-refractivity contribution < 1.29 is 14.7 Å². The number of aliphatic hydroxyl groups is 1. The molecule has 1 atom stereocenters. The van der Waals surface area contributed by atoms with Crippen LogP contribution in [0.25, 0.3) is 0 Å². The minimum Gasteiger partial charge on any atom is -0.392 e. The van der Waals surface area contributed by atoms with E-state index in [9.17, 15) is 9.59 Å². The van der Waals surface area contributed by atoms with Gasteiger partial charge in [-0.25, -0.2) is 0 Å². The summed E-state index contributed by atoms with van der Waals surface area (Å²) in [6.07, 6.45) is -0.596. The van der Waals surface area contributed by atoms with Crippen molar-refractivity contribution in [3.05, 3.63) is 35.4 Å². The lowest BCUT2D eigenvalue weighted by Gasteiger charge is -2.08. The molecule has 0 unspecified atom stereocenters. The summed E-state index contributed by atoms with van der Waals surface area (Å²) >= 11 is 0. The highest BCUT2D eigenvalue weighted by molar-refractivity contribution is 5.96. The summed E-state index contributed by atoms with van der Waals surface area (Å²) in [6.45, 7) is 3.59. The maximum Gasteiger partial charge on any atom is 0.251 e. The maximum absolute atomic E-state index is 11.7. The van der Waals surface area contributed by atoms with Gasteiger partial charge in [0.05, 0.1) is 12.6 Å². The molecule has 0 aliphatic heterocycles. The number of hydrogen-bond donors (Lipinski definition) is 3. The predicted octanol–water partition coefficient (Wildman–Crippen LogP) is 0.222. The van der Waals surface area contributed by atoms with Gasteiger partial charge >= 0.3 is 0 Å². The molecule has 2 amide bonds. The lowest BCUT2D eigenvalue weighted by Crippen LogP contribution is -2.39. The third kappa shape index (κ3) is 4.97. The maximum atomic E-state index is 11.7. The van der Waals surface area contributed by atoms with Crippen LogP contribution in [0.15, 0.2) is 24.3 Å². The number of amides is 2. The van der Waals surface area contributed by atoms with E-state index in [0.717, 1.165) is 5.56 Å². The van der Waals surface area contributed by atoms with E-state index in [1.165, 1.54) is 0 Å². The summed E-state index contributed by atoms with van der Waals surface area (Å²) in [6, 6.07) is 7.08. The largest absolute Gasteiger partial charge is 0.392 e. The van der Waals surface area contributed by atoms with E-state index in [1.54, 1.807) is 19.1 Å². The highest BCUT2D eigenvalue weighted by Gasteiger charge is 2.07. The van der Waals surface area contributed by atoms with Crippen LogP contribution >= 0.6 is 0 Å². The molecule has 1 rings (SSSR count). The monoisotopic (exact) mass is 250 g/mol. The first-order valence-electron chi connectivity index (χ1n) is 5.78. The molecule has 5 nitrogen and oxygen atoms in total. The quantitative estimate of drug-likeness (QED) is 0.699. The Morgan fingerprint density at radius 1 is 1.22 bits per heavy atom. The molecule has 3 N–H and O–H groups in total. The topological polar surface area (TPSA) is 78.4 Å². The second-order valence-electron chi connectivity index (χ2n) is 4.20. The molecule has 0 aliphatic rings. The van der Waals surface area contributed by atoms with E-state index in [0.29, 0.717) is 5.56 Å². The Bertz CT molecular complexity index is 413. The van der Waals surface area contributed by atoms with Crippen LogP contribution in [-0.4, -0.2) is 36.1 Å². The van der Waals surface area contributed by atoms with Crippen LogP contribution in [0.1, 0.15) is 22.8 Å². The van der Waals surface area contributed by atoms with Gasteiger partial charge in [0.15, 0.2) is 0 Å². The standard InChI is InChI=1S/C13H18N2O3/c1-9-3-5-11(6-4-9)13(18)15-8-12(17)14-7-10(2)16/h3-6,10,16H,7-8H2,1-2H3,(H,14,17)(H,15,18)/t10-/m0/s1. The van der Waals surface area contributed by atoms with Crippen molar-refractivity contribution in [1.82, 2.24) is 10.6 Å². The second-order valence-corrected chi connectivity index (χ2v) is 4.20. The minimum atomic E-state index is -0.596. The van der Waals surface area contributed by atoms with Crippen molar-refractivity contribution in [1.29, 1.82) is 0 Å². The van der Waals surface area contributed by atoms with Gasteiger partial charge in [0.2, 0.25) is 5.91 Å². The summed E-state index contributed by atoms with van der Waals surface area (Å²) < 4.78 is 0. The molecule has 98 valence electrons. The normalized spacial score (nSPS) is 11.7. The van der Waals surface area contributed by atoms with Crippen LogP contribution in [0.5, 0.6) is 0 Å². The van der Waals surface area contributed by atoms with Crippen LogP contribution in [-0.2, 0) is 4.79 Å². The van der Waals surface area contributed by atoms with E-state index >= 15 is 0 Å². The number of carbonyl (C=O) groups excluding carboxylic acids is 2. The molecule has 0 saturated heterocycles. The Morgan fingerprint density at radius 2 is 1.83 bits per heavy atom. The molecule has 1 aromatic carbocycles. The molecule has 18 heavy (non-hydrogen) atoms. The smallest absolute Gasteiger partial charge is 0.251 e. The fourth-order valence-electron chi connectivity index (χ4n) is 1.29. The molecule has 0 radical (unpaired) electrons. The summed E-state index contributed by atoms with van der Waals surface area (Å²) in [4.78, 5) is 23.0. The number of carbonyl (C=O) groups is 2. The van der Waals surface area contributed by atoms with Gasteiger partial charge in [-0.15, -0.1) is 0 Å². The van der Waals surface area contributed by atoms with Gasteiger partial charge in [-0.05, 0) is 26.0 Å². The van der Waals surface area contributed by atoms with Gasteiger partial charge in [-0.1, -0.05) is 17.7 Å². The summed E-state index contributed by atoms with van der Waals surface area (Å²) in [5.41, 5.74) is 1.59. The molecule has 0 fully saturated rings. The first-order chi connectivity index (χ1) is 8.49. The fourth-order valence-corrected chi connectivity index (χ4v) is 1.29. The Morgan fingerprint density at radius 3 is 2.39 bits per heavy atom. The fraction of sp³-hybridized carbons (Fsp3) is 0.385. The van der Waals surface area contributed by atoms with Gasteiger partial charge in [-0.3, -0.25) is 9.59 Å².